The Balaban J connectivity index is 1.59. The molecule has 0 saturated carbocycles. The Morgan fingerprint density at radius 2 is 1.97 bits per heavy atom. The highest BCUT2D eigenvalue weighted by molar-refractivity contribution is 7.14. The van der Waals surface area contributed by atoms with E-state index in [1.807, 2.05) is 30.3 Å². The number of benzene rings is 2. The van der Waals surface area contributed by atoms with Crippen LogP contribution in [-0.2, 0) is 13.0 Å². The number of hydrogen-bond acceptors (Lipinski definition) is 7. The van der Waals surface area contributed by atoms with Crippen LogP contribution in [0.1, 0.15) is 34.3 Å². The molecule has 3 heterocycles. The monoisotopic (exact) mass is 430 g/mol. The first kappa shape index (κ1) is 19.4. The zero-order valence-corrected chi connectivity index (χ0v) is 17.7. The SMILES string of the molecule is NC(=O)c1cccc2c(-c3nc4c(c(NCc5ccccc5)n3)CCCCN4)nsc12. The van der Waals surface area contributed by atoms with Crippen molar-refractivity contribution in [1.82, 2.24) is 14.3 Å². The summed E-state index contributed by atoms with van der Waals surface area (Å²) in [5.74, 6) is 1.75. The van der Waals surface area contributed by atoms with Gasteiger partial charge in [0.15, 0.2) is 5.82 Å². The van der Waals surface area contributed by atoms with Gasteiger partial charge in [0.25, 0.3) is 0 Å². The molecule has 0 spiro atoms. The van der Waals surface area contributed by atoms with E-state index in [0.717, 1.165) is 53.1 Å². The van der Waals surface area contributed by atoms with Gasteiger partial charge in [-0.2, -0.15) is 4.37 Å². The molecular formula is C23H22N6OS. The third kappa shape index (κ3) is 3.82. The number of hydrogen-bond donors (Lipinski definition) is 3. The lowest BCUT2D eigenvalue weighted by Crippen LogP contribution is -2.11. The molecule has 1 aliphatic heterocycles. The molecule has 156 valence electrons. The van der Waals surface area contributed by atoms with Gasteiger partial charge in [-0.25, -0.2) is 9.97 Å². The molecule has 7 nitrogen and oxygen atoms in total. The summed E-state index contributed by atoms with van der Waals surface area (Å²) in [6, 6.07) is 15.7. The minimum absolute atomic E-state index is 0.462. The molecule has 2 aromatic heterocycles. The lowest BCUT2D eigenvalue weighted by Gasteiger charge is -2.15. The van der Waals surface area contributed by atoms with Crippen LogP contribution in [0.5, 0.6) is 0 Å². The van der Waals surface area contributed by atoms with Crippen molar-refractivity contribution in [3.63, 3.8) is 0 Å². The number of anilines is 2. The predicted molar refractivity (Wildman–Crippen MR) is 124 cm³/mol. The Labute approximate surface area is 183 Å². The molecule has 0 fully saturated rings. The van der Waals surface area contributed by atoms with Crippen LogP contribution in [0.25, 0.3) is 21.6 Å². The van der Waals surface area contributed by atoms with Crippen LogP contribution >= 0.6 is 11.5 Å². The molecule has 2 aromatic carbocycles. The Hall–Kier alpha value is -3.52. The summed E-state index contributed by atoms with van der Waals surface area (Å²) < 4.78 is 5.35. The third-order valence-corrected chi connectivity index (χ3v) is 6.33. The number of carbonyl (C=O) groups excluding carboxylic acids is 1. The predicted octanol–water partition coefficient (Wildman–Crippen LogP) is 4.21. The van der Waals surface area contributed by atoms with Crippen molar-refractivity contribution in [2.24, 2.45) is 5.73 Å². The van der Waals surface area contributed by atoms with E-state index in [1.165, 1.54) is 17.1 Å². The standard InChI is InChI=1S/C23H22N6OS/c24-20(30)16-11-6-10-15-18(29-31-19(15)16)23-27-21-17(9-4-5-12-25-21)22(28-23)26-13-14-7-2-1-3-8-14/h1-3,6-8,10-11H,4-5,9,12-13H2,(H2,24,30)(H2,25,26,27,28). The van der Waals surface area contributed by atoms with Gasteiger partial charge in [0.1, 0.15) is 17.3 Å². The molecule has 31 heavy (non-hydrogen) atoms. The van der Waals surface area contributed by atoms with Crippen molar-refractivity contribution in [2.45, 2.75) is 25.8 Å². The fourth-order valence-corrected chi connectivity index (χ4v) is 4.74. The Bertz CT molecular complexity index is 1250. The summed E-state index contributed by atoms with van der Waals surface area (Å²) in [6.07, 6.45) is 3.10. The Morgan fingerprint density at radius 1 is 1.10 bits per heavy atom. The quantitative estimate of drug-likeness (QED) is 0.438. The summed E-state index contributed by atoms with van der Waals surface area (Å²) in [5, 5.41) is 7.80. The zero-order chi connectivity index (χ0) is 21.2. The molecule has 8 heteroatoms. The van der Waals surface area contributed by atoms with Crippen LogP contribution in [0.4, 0.5) is 11.6 Å². The molecule has 1 amide bonds. The second kappa shape index (κ2) is 8.31. The van der Waals surface area contributed by atoms with Gasteiger partial charge in [0.2, 0.25) is 5.91 Å². The fraction of sp³-hybridized carbons (Fsp3) is 0.217. The first-order valence-electron chi connectivity index (χ1n) is 10.3. The molecule has 5 rings (SSSR count). The number of aromatic nitrogens is 3. The average molecular weight is 431 g/mol. The summed E-state index contributed by atoms with van der Waals surface area (Å²) in [7, 11) is 0. The second-order valence-electron chi connectivity index (χ2n) is 7.52. The molecule has 0 aliphatic carbocycles. The maximum atomic E-state index is 11.8. The van der Waals surface area contributed by atoms with Gasteiger partial charge < -0.3 is 16.4 Å². The van der Waals surface area contributed by atoms with E-state index in [1.54, 1.807) is 6.07 Å². The van der Waals surface area contributed by atoms with Crippen molar-refractivity contribution in [2.75, 3.05) is 17.2 Å². The first-order chi connectivity index (χ1) is 15.2. The van der Waals surface area contributed by atoms with Crippen molar-refractivity contribution < 1.29 is 4.79 Å². The molecule has 0 radical (unpaired) electrons. The normalized spacial score (nSPS) is 13.3. The summed E-state index contributed by atoms with van der Waals surface area (Å²) in [6.45, 7) is 1.55. The number of nitrogens with two attached hydrogens (primary N) is 1. The summed E-state index contributed by atoms with van der Waals surface area (Å²) in [5.41, 5.74) is 8.97. The zero-order valence-electron chi connectivity index (χ0n) is 16.9. The van der Waals surface area contributed by atoms with Gasteiger partial charge in [-0.15, -0.1) is 0 Å². The van der Waals surface area contributed by atoms with E-state index in [4.69, 9.17) is 15.7 Å². The lowest BCUT2D eigenvalue weighted by molar-refractivity contribution is 0.100. The Kier molecular flexibility index (Phi) is 5.21. The van der Waals surface area contributed by atoms with Crippen molar-refractivity contribution >= 4 is 39.2 Å². The van der Waals surface area contributed by atoms with Crippen LogP contribution in [0.2, 0.25) is 0 Å². The van der Waals surface area contributed by atoms with E-state index in [9.17, 15) is 4.79 Å². The smallest absolute Gasteiger partial charge is 0.250 e. The highest BCUT2D eigenvalue weighted by atomic mass is 32.1. The number of rotatable bonds is 5. The summed E-state index contributed by atoms with van der Waals surface area (Å²) in [4.78, 5) is 21.5. The van der Waals surface area contributed by atoms with Crippen molar-refractivity contribution in [1.29, 1.82) is 0 Å². The number of carbonyl (C=O) groups is 1. The number of fused-ring (bicyclic) bond motifs is 2. The highest BCUT2D eigenvalue weighted by Gasteiger charge is 2.21. The van der Waals surface area contributed by atoms with Gasteiger partial charge in [-0.05, 0) is 42.4 Å². The van der Waals surface area contributed by atoms with Gasteiger partial charge in [0.05, 0.1) is 10.3 Å². The average Bonchev–Trinajstić information content (AvgIpc) is 3.08. The van der Waals surface area contributed by atoms with Crippen LogP contribution in [-0.4, -0.2) is 26.8 Å². The maximum Gasteiger partial charge on any atom is 0.250 e. The van der Waals surface area contributed by atoms with Crippen LogP contribution in [0.3, 0.4) is 0 Å². The van der Waals surface area contributed by atoms with Crippen LogP contribution in [0, 0.1) is 0 Å². The van der Waals surface area contributed by atoms with E-state index in [-0.39, 0.29) is 0 Å². The second-order valence-corrected chi connectivity index (χ2v) is 8.30. The topological polar surface area (TPSA) is 106 Å². The van der Waals surface area contributed by atoms with E-state index in [0.29, 0.717) is 23.6 Å². The molecule has 0 unspecified atom stereocenters. The third-order valence-electron chi connectivity index (χ3n) is 5.43. The number of primary amides is 1. The van der Waals surface area contributed by atoms with Crippen LogP contribution in [0.15, 0.2) is 48.5 Å². The lowest BCUT2D eigenvalue weighted by atomic mass is 10.1. The summed E-state index contributed by atoms with van der Waals surface area (Å²) >= 11 is 1.25. The molecule has 0 saturated heterocycles. The van der Waals surface area contributed by atoms with Crippen molar-refractivity contribution in [3.8, 4) is 11.5 Å². The molecule has 0 bridgehead atoms. The Morgan fingerprint density at radius 3 is 2.81 bits per heavy atom. The van der Waals surface area contributed by atoms with Gasteiger partial charge in [-0.1, -0.05) is 42.5 Å². The molecule has 1 aliphatic rings. The minimum atomic E-state index is -0.462. The number of nitrogens with one attached hydrogen (secondary N) is 2. The van der Waals surface area contributed by atoms with E-state index < -0.39 is 5.91 Å². The molecular weight excluding hydrogens is 408 g/mol. The van der Waals surface area contributed by atoms with Gasteiger partial charge in [0, 0.05) is 24.0 Å². The number of nitrogens with zero attached hydrogens (tertiary/aromatic N) is 3. The largest absolute Gasteiger partial charge is 0.370 e. The van der Waals surface area contributed by atoms with Crippen molar-refractivity contribution in [3.05, 3.63) is 65.2 Å². The molecule has 0 atom stereocenters. The van der Waals surface area contributed by atoms with E-state index in [2.05, 4.69) is 27.1 Å². The van der Waals surface area contributed by atoms with Gasteiger partial charge >= 0.3 is 0 Å². The first-order valence-corrected chi connectivity index (χ1v) is 11.1. The molecule has 4 aromatic rings. The highest BCUT2D eigenvalue weighted by Crippen LogP contribution is 2.34. The molecule has 4 N–H and O–H groups in total. The fourth-order valence-electron chi connectivity index (χ4n) is 3.85. The van der Waals surface area contributed by atoms with E-state index >= 15 is 0 Å². The maximum absolute atomic E-state index is 11.8. The van der Waals surface area contributed by atoms with Crippen LogP contribution < -0.4 is 16.4 Å². The number of amides is 1. The minimum Gasteiger partial charge on any atom is -0.370 e. The van der Waals surface area contributed by atoms with Gasteiger partial charge in [-0.3, -0.25) is 4.79 Å².